The maximum absolute atomic E-state index is 9.35. The zero-order valence-corrected chi connectivity index (χ0v) is 12.9. The molecule has 1 heterocycles. The molecule has 1 aromatic heterocycles. The zero-order valence-electron chi connectivity index (χ0n) is 12.1. The van der Waals surface area contributed by atoms with Crippen molar-refractivity contribution in [2.45, 2.75) is 24.0 Å². The lowest BCUT2D eigenvalue weighted by Gasteiger charge is -2.26. The molecule has 0 amide bonds. The number of aliphatic hydroxyl groups excluding tert-OH is 1. The predicted octanol–water partition coefficient (Wildman–Crippen LogP) is 2.02. The molecule has 3 N–H and O–H groups in total. The van der Waals surface area contributed by atoms with Gasteiger partial charge >= 0.3 is 0 Å². The second kappa shape index (κ2) is 6.47. The van der Waals surface area contributed by atoms with E-state index in [1.165, 1.54) is 0 Å². The van der Waals surface area contributed by atoms with Gasteiger partial charge in [-0.25, -0.2) is 4.98 Å². The summed E-state index contributed by atoms with van der Waals surface area (Å²) < 4.78 is 5.20. The number of nitrogens with one attached hydrogen (secondary N) is 2. The number of aliphatic hydroxyl groups is 1. The lowest BCUT2D eigenvalue weighted by Crippen LogP contribution is -2.43. The van der Waals surface area contributed by atoms with Crippen molar-refractivity contribution in [2.75, 3.05) is 26.5 Å². The van der Waals surface area contributed by atoms with Crippen LogP contribution in [-0.2, 0) is 0 Å². The third-order valence-electron chi connectivity index (χ3n) is 3.51. The highest BCUT2D eigenvalue weighted by molar-refractivity contribution is 7.99. The molecule has 6 heteroatoms. The van der Waals surface area contributed by atoms with Crippen LogP contribution >= 0.6 is 11.8 Å². The molecule has 0 bridgehead atoms. The molecule has 2 aromatic rings. The molecule has 0 saturated carbocycles. The normalized spacial score (nSPS) is 14.4. The summed E-state index contributed by atoms with van der Waals surface area (Å²) in [6, 6.07) is 5.79. The van der Waals surface area contributed by atoms with Crippen molar-refractivity contribution in [2.24, 2.45) is 0 Å². The molecule has 1 unspecified atom stereocenters. The van der Waals surface area contributed by atoms with Crippen molar-refractivity contribution in [3.8, 4) is 5.75 Å². The number of thioether (sulfide) groups is 1. The molecular weight excluding hydrogens is 274 g/mol. The first kappa shape index (κ1) is 15.2. The van der Waals surface area contributed by atoms with E-state index >= 15 is 0 Å². The van der Waals surface area contributed by atoms with Gasteiger partial charge in [-0.3, -0.25) is 0 Å². The van der Waals surface area contributed by atoms with Crippen molar-refractivity contribution >= 4 is 22.8 Å². The number of nitrogens with zero attached hydrogens (tertiary/aromatic N) is 1. The topological polar surface area (TPSA) is 70.2 Å². The predicted molar refractivity (Wildman–Crippen MR) is 82.5 cm³/mol. The number of benzene rings is 1. The Morgan fingerprint density at radius 3 is 2.95 bits per heavy atom. The van der Waals surface area contributed by atoms with E-state index in [-0.39, 0.29) is 12.1 Å². The minimum atomic E-state index is -0.234. The number of likely N-dealkylation sites (N-methyl/N-ethyl adjacent to an activating group) is 1. The van der Waals surface area contributed by atoms with Crippen LogP contribution in [0.3, 0.4) is 0 Å². The van der Waals surface area contributed by atoms with Crippen molar-refractivity contribution in [1.82, 2.24) is 15.3 Å². The maximum atomic E-state index is 9.35. The Labute approximate surface area is 123 Å². The number of fused-ring (bicyclic) bond motifs is 1. The van der Waals surface area contributed by atoms with E-state index in [1.807, 2.05) is 32.2 Å². The Morgan fingerprint density at radius 2 is 2.30 bits per heavy atom. The molecule has 0 radical (unpaired) electrons. The second-order valence-corrected chi connectivity index (χ2v) is 6.08. The number of aromatic amines is 1. The Morgan fingerprint density at radius 1 is 1.50 bits per heavy atom. The van der Waals surface area contributed by atoms with E-state index in [2.05, 4.69) is 15.3 Å². The number of hydrogen-bond donors (Lipinski definition) is 3. The average Bonchev–Trinajstić information content (AvgIpc) is 2.88. The fourth-order valence-electron chi connectivity index (χ4n) is 1.82. The molecule has 2 rings (SSSR count). The first-order valence-electron chi connectivity index (χ1n) is 6.56. The number of rotatable bonds is 7. The Balaban J connectivity index is 2.00. The lowest BCUT2D eigenvalue weighted by molar-refractivity contribution is 0.179. The van der Waals surface area contributed by atoms with Gasteiger partial charge in [0.15, 0.2) is 5.16 Å². The van der Waals surface area contributed by atoms with Crippen LogP contribution in [0.4, 0.5) is 0 Å². The first-order valence-corrected chi connectivity index (χ1v) is 7.55. The highest BCUT2D eigenvalue weighted by Crippen LogP contribution is 2.24. The lowest BCUT2D eigenvalue weighted by atomic mass is 10.0. The third kappa shape index (κ3) is 3.45. The number of hydrogen-bond acceptors (Lipinski definition) is 5. The summed E-state index contributed by atoms with van der Waals surface area (Å²) >= 11 is 1.66. The summed E-state index contributed by atoms with van der Waals surface area (Å²) in [4.78, 5) is 7.81. The molecule has 1 atom stereocenters. The largest absolute Gasteiger partial charge is 0.497 e. The number of H-pyrrole nitrogens is 1. The van der Waals surface area contributed by atoms with Gasteiger partial charge in [-0.1, -0.05) is 11.8 Å². The van der Waals surface area contributed by atoms with Gasteiger partial charge in [0.2, 0.25) is 0 Å². The van der Waals surface area contributed by atoms with Gasteiger partial charge < -0.3 is 20.1 Å². The number of ether oxygens (including phenoxy) is 1. The molecule has 0 aliphatic carbocycles. The molecule has 0 aliphatic heterocycles. The quantitative estimate of drug-likeness (QED) is 0.682. The number of imidazole rings is 1. The van der Waals surface area contributed by atoms with Crippen molar-refractivity contribution in [3.05, 3.63) is 18.2 Å². The molecule has 0 spiro atoms. The smallest absolute Gasteiger partial charge is 0.166 e. The summed E-state index contributed by atoms with van der Waals surface area (Å²) in [6.07, 6.45) is 0.866. The SMILES string of the molecule is CNC(C)(CO)CCSc1nc2ccc(OC)cc2[nH]1. The Kier molecular flexibility index (Phi) is 4.91. The molecule has 0 saturated heterocycles. The Hall–Kier alpha value is -1.24. The van der Waals surface area contributed by atoms with E-state index < -0.39 is 0 Å². The fourth-order valence-corrected chi connectivity index (χ4v) is 2.91. The van der Waals surface area contributed by atoms with Crippen LogP contribution in [0.1, 0.15) is 13.3 Å². The molecule has 0 aliphatic rings. The van der Waals surface area contributed by atoms with Crippen LogP contribution in [0, 0.1) is 0 Å². The molecule has 20 heavy (non-hydrogen) atoms. The number of methoxy groups -OCH3 is 1. The maximum Gasteiger partial charge on any atom is 0.166 e. The van der Waals surface area contributed by atoms with Gasteiger partial charge in [0, 0.05) is 17.4 Å². The molecular formula is C14H21N3O2S. The molecule has 0 fully saturated rings. The minimum Gasteiger partial charge on any atom is -0.497 e. The van der Waals surface area contributed by atoms with Crippen LogP contribution in [0.25, 0.3) is 11.0 Å². The summed E-state index contributed by atoms with van der Waals surface area (Å²) in [6.45, 7) is 2.14. The van der Waals surface area contributed by atoms with Crippen LogP contribution < -0.4 is 10.1 Å². The van der Waals surface area contributed by atoms with Gasteiger partial charge in [0.1, 0.15) is 5.75 Å². The first-order chi connectivity index (χ1) is 9.60. The second-order valence-electron chi connectivity index (χ2n) is 4.99. The summed E-state index contributed by atoms with van der Waals surface area (Å²) in [7, 11) is 3.52. The minimum absolute atomic E-state index is 0.126. The molecule has 1 aromatic carbocycles. The monoisotopic (exact) mass is 295 g/mol. The van der Waals surface area contributed by atoms with Crippen LogP contribution in [0.2, 0.25) is 0 Å². The summed E-state index contributed by atoms with van der Waals surface area (Å²) in [5.74, 6) is 1.70. The molecule has 5 nitrogen and oxygen atoms in total. The van der Waals surface area contributed by atoms with E-state index in [0.29, 0.717) is 0 Å². The number of aromatic nitrogens is 2. The van der Waals surface area contributed by atoms with Gasteiger partial charge in [-0.05, 0) is 32.5 Å². The van der Waals surface area contributed by atoms with Gasteiger partial charge in [0.05, 0.1) is 24.8 Å². The standard InChI is InChI=1S/C14H21N3O2S/c1-14(9-18,15-2)6-7-20-13-16-11-5-4-10(19-3)8-12(11)17-13/h4-5,8,15,18H,6-7,9H2,1-3H3,(H,16,17). The highest BCUT2D eigenvalue weighted by Gasteiger charge is 2.20. The van der Waals surface area contributed by atoms with E-state index in [9.17, 15) is 5.11 Å². The van der Waals surface area contributed by atoms with Crippen LogP contribution in [0.5, 0.6) is 5.75 Å². The Bertz CT molecular complexity index is 567. The van der Waals surface area contributed by atoms with Crippen molar-refractivity contribution in [3.63, 3.8) is 0 Å². The fraction of sp³-hybridized carbons (Fsp3) is 0.500. The van der Waals surface area contributed by atoms with Gasteiger partial charge in [0.25, 0.3) is 0 Å². The summed E-state index contributed by atoms with van der Waals surface area (Å²) in [5, 5.41) is 13.4. The van der Waals surface area contributed by atoms with Gasteiger partial charge in [-0.15, -0.1) is 0 Å². The van der Waals surface area contributed by atoms with E-state index in [4.69, 9.17) is 4.74 Å². The zero-order chi connectivity index (χ0) is 14.6. The average molecular weight is 295 g/mol. The highest BCUT2D eigenvalue weighted by atomic mass is 32.2. The van der Waals surface area contributed by atoms with Crippen molar-refractivity contribution < 1.29 is 9.84 Å². The van der Waals surface area contributed by atoms with E-state index in [1.54, 1.807) is 18.9 Å². The van der Waals surface area contributed by atoms with E-state index in [0.717, 1.165) is 34.1 Å². The molecule has 110 valence electrons. The van der Waals surface area contributed by atoms with Crippen LogP contribution in [0.15, 0.2) is 23.4 Å². The van der Waals surface area contributed by atoms with Crippen LogP contribution in [-0.4, -0.2) is 47.1 Å². The van der Waals surface area contributed by atoms with Gasteiger partial charge in [-0.2, -0.15) is 0 Å². The summed E-state index contributed by atoms with van der Waals surface area (Å²) in [5.41, 5.74) is 1.68. The third-order valence-corrected chi connectivity index (χ3v) is 4.39. The van der Waals surface area contributed by atoms with Crippen molar-refractivity contribution in [1.29, 1.82) is 0 Å².